The smallest absolute Gasteiger partial charge is 0.335 e. The van der Waals surface area contributed by atoms with E-state index < -0.39 is 5.97 Å². The predicted molar refractivity (Wildman–Crippen MR) is 136 cm³/mol. The molecule has 7 nitrogen and oxygen atoms in total. The fraction of sp³-hybridized carbons (Fsp3) is 0.346. The number of rotatable bonds is 11. The summed E-state index contributed by atoms with van der Waals surface area (Å²) in [4.78, 5) is 22.9. The van der Waals surface area contributed by atoms with Crippen molar-refractivity contribution in [1.29, 1.82) is 0 Å². The maximum absolute atomic E-state index is 11.2. The molecule has 0 aliphatic heterocycles. The van der Waals surface area contributed by atoms with Crippen molar-refractivity contribution in [2.24, 2.45) is 0 Å². The number of thioether (sulfide) groups is 1. The highest BCUT2D eigenvalue weighted by atomic mass is 32.2. The molecule has 180 valence electrons. The Labute approximate surface area is 205 Å². The maximum Gasteiger partial charge on any atom is 0.335 e. The van der Waals surface area contributed by atoms with E-state index in [9.17, 15) is 9.90 Å². The van der Waals surface area contributed by atoms with Crippen LogP contribution in [-0.4, -0.2) is 48.9 Å². The van der Waals surface area contributed by atoms with Crippen molar-refractivity contribution in [3.63, 3.8) is 0 Å². The van der Waals surface area contributed by atoms with Gasteiger partial charge in [0, 0.05) is 31.1 Å². The number of hydrogen-bond donors (Lipinski definition) is 1. The fourth-order valence-corrected chi connectivity index (χ4v) is 4.18. The van der Waals surface area contributed by atoms with Gasteiger partial charge in [0.1, 0.15) is 5.82 Å². The van der Waals surface area contributed by atoms with Gasteiger partial charge in [-0.1, -0.05) is 43.8 Å². The van der Waals surface area contributed by atoms with E-state index >= 15 is 0 Å². The van der Waals surface area contributed by atoms with Gasteiger partial charge in [0.25, 0.3) is 0 Å². The lowest BCUT2D eigenvalue weighted by atomic mass is 10.1. The predicted octanol–water partition coefficient (Wildman–Crippen LogP) is 5.29. The van der Waals surface area contributed by atoms with Crippen LogP contribution in [0.2, 0.25) is 0 Å². The first-order chi connectivity index (χ1) is 16.3. The Bertz CT molecular complexity index is 1140. The minimum atomic E-state index is -0.928. The van der Waals surface area contributed by atoms with E-state index in [0.29, 0.717) is 16.7 Å². The lowest BCUT2D eigenvalue weighted by Gasteiger charge is -2.20. The van der Waals surface area contributed by atoms with E-state index in [-0.39, 0.29) is 11.5 Å². The molecule has 0 fully saturated rings. The highest BCUT2D eigenvalue weighted by molar-refractivity contribution is 7.98. The second kappa shape index (κ2) is 11.7. The third kappa shape index (κ3) is 6.63. The monoisotopic (exact) mass is 481 g/mol. The molecule has 1 N–H and O–H groups in total. The van der Waals surface area contributed by atoms with E-state index in [4.69, 9.17) is 19.4 Å². The summed E-state index contributed by atoms with van der Waals surface area (Å²) in [6, 6.07) is 15.0. The summed E-state index contributed by atoms with van der Waals surface area (Å²) < 4.78 is 10.7. The minimum absolute atomic E-state index is 0.260. The molecule has 1 heterocycles. The normalized spacial score (nSPS) is 10.9. The number of carboxylic acids is 1. The number of carbonyl (C=O) groups is 1. The maximum atomic E-state index is 11.2. The average molecular weight is 482 g/mol. The second-order valence-corrected chi connectivity index (χ2v) is 9.19. The van der Waals surface area contributed by atoms with Gasteiger partial charge < -0.3 is 19.5 Å². The summed E-state index contributed by atoms with van der Waals surface area (Å²) >= 11 is 1.51. The first kappa shape index (κ1) is 25.4. The van der Waals surface area contributed by atoms with Gasteiger partial charge >= 0.3 is 5.97 Å². The van der Waals surface area contributed by atoms with Crippen molar-refractivity contribution in [3.05, 3.63) is 70.9 Å². The molecule has 0 saturated heterocycles. The number of aromatic nitrogens is 2. The Balaban J connectivity index is 1.73. The van der Waals surface area contributed by atoms with Crippen molar-refractivity contribution >= 4 is 23.5 Å². The van der Waals surface area contributed by atoms with Gasteiger partial charge in [0.2, 0.25) is 0 Å². The molecular weight excluding hydrogens is 450 g/mol. The molecule has 0 aliphatic rings. The largest absolute Gasteiger partial charge is 0.493 e. The molecule has 1 aromatic heterocycles. The summed E-state index contributed by atoms with van der Waals surface area (Å²) in [6.45, 7) is 5.00. The van der Waals surface area contributed by atoms with E-state index in [2.05, 4.69) is 18.7 Å². The summed E-state index contributed by atoms with van der Waals surface area (Å²) in [5.41, 5.74) is 3.33. The molecule has 3 rings (SSSR count). The van der Waals surface area contributed by atoms with Crippen molar-refractivity contribution < 1.29 is 19.4 Å². The number of ether oxygens (including phenoxy) is 2. The van der Waals surface area contributed by atoms with Gasteiger partial charge in [-0.15, -0.1) is 0 Å². The van der Waals surface area contributed by atoms with Gasteiger partial charge in [0.15, 0.2) is 16.7 Å². The van der Waals surface area contributed by atoms with Crippen molar-refractivity contribution in [2.45, 2.75) is 37.1 Å². The zero-order valence-corrected chi connectivity index (χ0v) is 21.1. The average Bonchev–Trinajstić information content (AvgIpc) is 2.85. The zero-order chi connectivity index (χ0) is 24.7. The SMILES string of the molecule is COc1ccc(CCN(C)c2cc(C(C)C)nc(SCc3cccc(C(=O)O)c3)n2)cc1OC. The molecule has 0 atom stereocenters. The number of benzene rings is 2. The highest BCUT2D eigenvalue weighted by Crippen LogP contribution is 2.29. The number of carboxylic acid groups (broad SMARTS) is 1. The molecule has 0 radical (unpaired) electrons. The Hall–Kier alpha value is -3.26. The van der Waals surface area contributed by atoms with Crippen LogP contribution in [0.15, 0.2) is 53.7 Å². The van der Waals surface area contributed by atoms with Gasteiger partial charge in [-0.05, 0) is 47.7 Å². The fourth-order valence-electron chi connectivity index (χ4n) is 3.38. The van der Waals surface area contributed by atoms with Crippen LogP contribution in [0.1, 0.15) is 46.9 Å². The van der Waals surface area contributed by atoms with E-state index in [1.54, 1.807) is 32.4 Å². The standard InChI is InChI=1S/C26H31N3O4S/c1-17(2)21-15-24(29(3)12-11-18-9-10-22(32-4)23(14-18)33-5)28-26(27-21)34-16-19-7-6-8-20(13-19)25(30)31/h6-10,13-15,17H,11-12,16H2,1-5H3,(H,30,31). The Morgan fingerprint density at radius 2 is 1.79 bits per heavy atom. The van der Waals surface area contributed by atoms with Crippen molar-refractivity contribution in [2.75, 3.05) is 32.7 Å². The summed E-state index contributed by atoms with van der Waals surface area (Å²) in [5.74, 6) is 2.22. The molecule has 0 aliphatic carbocycles. The van der Waals surface area contributed by atoms with Crippen LogP contribution in [0.3, 0.4) is 0 Å². The van der Waals surface area contributed by atoms with Crippen LogP contribution in [0.25, 0.3) is 0 Å². The van der Waals surface area contributed by atoms with Crippen molar-refractivity contribution in [1.82, 2.24) is 9.97 Å². The molecule has 0 spiro atoms. The van der Waals surface area contributed by atoms with Crippen LogP contribution < -0.4 is 14.4 Å². The zero-order valence-electron chi connectivity index (χ0n) is 20.2. The summed E-state index contributed by atoms with van der Waals surface area (Å²) in [7, 11) is 5.29. The van der Waals surface area contributed by atoms with Crippen LogP contribution in [0, 0.1) is 0 Å². The lowest BCUT2D eigenvalue weighted by molar-refractivity contribution is 0.0696. The minimum Gasteiger partial charge on any atom is -0.493 e. The summed E-state index contributed by atoms with van der Waals surface area (Å²) in [6.07, 6.45) is 0.822. The molecular formula is C26H31N3O4S. The lowest BCUT2D eigenvalue weighted by Crippen LogP contribution is -2.22. The Morgan fingerprint density at radius 1 is 1.03 bits per heavy atom. The molecule has 2 aromatic carbocycles. The number of nitrogens with zero attached hydrogens (tertiary/aromatic N) is 3. The summed E-state index contributed by atoms with van der Waals surface area (Å²) in [5, 5.41) is 9.91. The van der Waals surface area contributed by atoms with Crippen LogP contribution >= 0.6 is 11.8 Å². The topological polar surface area (TPSA) is 84.8 Å². The number of anilines is 1. The van der Waals surface area contributed by atoms with E-state index in [1.165, 1.54) is 11.8 Å². The first-order valence-corrected chi connectivity index (χ1v) is 12.0. The Kier molecular flexibility index (Phi) is 8.76. The van der Waals surface area contributed by atoms with Gasteiger partial charge in [-0.25, -0.2) is 14.8 Å². The quantitative estimate of drug-likeness (QED) is 0.292. The molecule has 8 heteroatoms. The number of aromatic carboxylic acids is 1. The molecule has 0 bridgehead atoms. The van der Waals surface area contributed by atoms with Gasteiger partial charge in [-0.2, -0.15) is 0 Å². The number of hydrogen-bond acceptors (Lipinski definition) is 7. The molecule has 0 unspecified atom stereocenters. The highest BCUT2D eigenvalue weighted by Gasteiger charge is 2.13. The Morgan fingerprint density at radius 3 is 2.47 bits per heavy atom. The van der Waals surface area contributed by atoms with Gasteiger partial charge in [0.05, 0.1) is 19.8 Å². The first-order valence-electron chi connectivity index (χ1n) is 11.1. The van der Waals surface area contributed by atoms with Crippen LogP contribution in [0.5, 0.6) is 11.5 Å². The second-order valence-electron chi connectivity index (χ2n) is 8.24. The third-order valence-electron chi connectivity index (χ3n) is 5.42. The molecule has 0 amide bonds. The molecule has 34 heavy (non-hydrogen) atoms. The van der Waals surface area contributed by atoms with E-state index in [0.717, 1.165) is 41.4 Å². The van der Waals surface area contributed by atoms with E-state index in [1.807, 2.05) is 37.4 Å². The van der Waals surface area contributed by atoms with Crippen LogP contribution in [-0.2, 0) is 12.2 Å². The molecule has 3 aromatic rings. The third-order valence-corrected chi connectivity index (χ3v) is 6.34. The van der Waals surface area contributed by atoms with Gasteiger partial charge in [-0.3, -0.25) is 0 Å². The number of likely N-dealkylation sites (N-methyl/N-ethyl adjacent to an activating group) is 1. The molecule has 0 saturated carbocycles. The van der Waals surface area contributed by atoms with Crippen LogP contribution in [0.4, 0.5) is 5.82 Å². The number of methoxy groups -OCH3 is 2. The van der Waals surface area contributed by atoms with Crippen molar-refractivity contribution in [3.8, 4) is 11.5 Å².